The topological polar surface area (TPSA) is 64.1 Å². The fraction of sp³-hybridized carbons (Fsp3) is 0.0588. The number of fused-ring (bicyclic) bond motifs is 4. The van der Waals surface area contributed by atoms with E-state index < -0.39 is 0 Å². The Labute approximate surface area is 345 Å². The van der Waals surface area contributed by atoms with Crippen LogP contribution in [0.25, 0.3) is 100 Å². The summed E-state index contributed by atoms with van der Waals surface area (Å²) < 4.78 is 8.61. The molecule has 57 heavy (non-hydrogen) atoms. The molecule has 0 saturated heterocycles. The minimum Gasteiger partial charge on any atom is -0.507 e. The van der Waals surface area contributed by atoms with E-state index in [1.165, 1.54) is 5.39 Å². The summed E-state index contributed by atoms with van der Waals surface area (Å²) in [5.74, 6) is 0.233. The molecule has 0 atom stereocenters. The average Bonchev–Trinajstić information content (AvgIpc) is 3.75. The Morgan fingerprint density at radius 2 is 1.12 bits per heavy atom. The summed E-state index contributed by atoms with van der Waals surface area (Å²) in [5, 5.41) is 15.6. The van der Waals surface area contributed by atoms with E-state index in [1.807, 2.05) is 80.6 Å². The van der Waals surface area contributed by atoms with Crippen molar-refractivity contribution in [1.82, 2.24) is 14.5 Å². The van der Waals surface area contributed by atoms with Crippen molar-refractivity contribution in [3.05, 3.63) is 175 Å². The van der Waals surface area contributed by atoms with Crippen LogP contribution in [0.1, 0.15) is 11.3 Å². The van der Waals surface area contributed by atoms with E-state index in [-0.39, 0.29) is 26.8 Å². The molecule has 0 aliphatic heterocycles. The van der Waals surface area contributed by atoms with Crippen LogP contribution in [0.15, 0.2) is 162 Å². The Kier molecular flexibility index (Phi) is 9.19. The maximum atomic E-state index is 11.1. The second kappa shape index (κ2) is 14.5. The average molecular weight is 918 g/mol. The fourth-order valence-corrected chi connectivity index (χ4v) is 8.12. The molecule has 4 heterocycles. The van der Waals surface area contributed by atoms with E-state index in [1.54, 1.807) is 0 Å². The van der Waals surface area contributed by atoms with Crippen molar-refractivity contribution in [1.29, 1.82) is 0 Å². The minimum absolute atomic E-state index is 0. The van der Waals surface area contributed by atoms with E-state index in [9.17, 15) is 5.11 Å². The summed E-state index contributed by atoms with van der Waals surface area (Å²) in [6.45, 7) is 3.95. The van der Waals surface area contributed by atoms with Crippen LogP contribution in [0.3, 0.4) is 0 Å². The molecular weight excluding hydrogens is 882 g/mol. The number of hydrogen-bond donors (Lipinski definition) is 1. The number of pyridine rings is 2. The molecule has 6 aromatic carbocycles. The van der Waals surface area contributed by atoms with Gasteiger partial charge in [0.15, 0.2) is 0 Å². The van der Waals surface area contributed by atoms with Crippen molar-refractivity contribution in [2.45, 2.75) is 13.8 Å². The van der Waals surface area contributed by atoms with Gasteiger partial charge in [-0.2, -0.15) is 0 Å². The summed E-state index contributed by atoms with van der Waals surface area (Å²) in [4.78, 5) is 10.1. The Hall–Kier alpha value is -6.55. The van der Waals surface area contributed by atoms with Gasteiger partial charge in [0.25, 0.3) is 0 Å². The zero-order chi connectivity index (χ0) is 37.9. The number of nitrogens with zero attached hydrogens (tertiary/aromatic N) is 3. The molecule has 4 aromatic heterocycles. The molecule has 0 amide bonds. The van der Waals surface area contributed by atoms with Gasteiger partial charge in [-0.3, -0.25) is 9.97 Å². The van der Waals surface area contributed by atoms with E-state index >= 15 is 0 Å². The van der Waals surface area contributed by atoms with Crippen molar-refractivity contribution in [3.8, 4) is 73.2 Å². The molecule has 0 fully saturated rings. The summed E-state index contributed by atoms with van der Waals surface area (Å²) in [7, 11) is 2.14. The molecule has 0 saturated carbocycles. The molecular formula is C51H36N3O2Pt-. The van der Waals surface area contributed by atoms with Crippen molar-refractivity contribution >= 4 is 32.7 Å². The Morgan fingerprint density at radius 3 is 1.89 bits per heavy atom. The molecule has 10 aromatic rings. The summed E-state index contributed by atoms with van der Waals surface area (Å²) >= 11 is 0. The SMILES string of the molecule is Cc1cc(-c2c3ccccc3c(-c3ccc4c(c3)oc3ccccc34)n2C)cc(-c2[c-]c(-c3cc(-c4ccccc4)cc(-c4cccc(C)c4O)n3)ccc2)n1.[Pt]. The molecule has 1 N–H and O–H groups in total. The number of hydrogen-bond acceptors (Lipinski definition) is 4. The molecule has 0 aliphatic carbocycles. The standard InChI is InChI=1S/C51H36N3O2.Pt/c1-31-13-11-21-43(51(31)55)46-28-37(33-14-5-4-6-15-33)27-45(53-46)35-17-12-16-34(26-35)44-29-38(25-32(2)52-44)50-42-20-8-7-19-41(42)49(54(50)3)36-23-24-40-39-18-9-10-22-47(39)56-48(40)30-36;/h4-25,27-30,55H,1-3H3;/q-1;. The molecule has 5 nitrogen and oxygen atoms in total. The molecule has 0 unspecified atom stereocenters. The number of phenolic OH excluding ortho intramolecular Hbond substituents is 1. The van der Waals surface area contributed by atoms with Gasteiger partial charge in [-0.1, -0.05) is 114 Å². The van der Waals surface area contributed by atoms with E-state index in [4.69, 9.17) is 14.4 Å². The quantitative estimate of drug-likeness (QED) is 0.169. The van der Waals surface area contributed by atoms with Crippen molar-refractivity contribution in [2.24, 2.45) is 7.05 Å². The number of furan rings is 1. The van der Waals surface area contributed by atoms with Crippen molar-refractivity contribution in [3.63, 3.8) is 0 Å². The van der Waals surface area contributed by atoms with Crippen molar-refractivity contribution < 1.29 is 30.6 Å². The predicted molar refractivity (Wildman–Crippen MR) is 228 cm³/mol. The van der Waals surface area contributed by atoms with Crippen LogP contribution >= 0.6 is 0 Å². The molecule has 0 aliphatic rings. The van der Waals surface area contributed by atoms with Crippen LogP contribution in [0.4, 0.5) is 0 Å². The van der Waals surface area contributed by atoms with Gasteiger partial charge in [-0.05, 0) is 72.5 Å². The third-order valence-electron chi connectivity index (χ3n) is 10.8. The molecule has 0 radical (unpaired) electrons. The van der Waals surface area contributed by atoms with Crippen molar-refractivity contribution in [2.75, 3.05) is 0 Å². The number of aromatic hydroxyl groups is 1. The number of benzene rings is 6. The first-order chi connectivity index (χ1) is 27.4. The van der Waals surface area contributed by atoms with Crippen LogP contribution in [0.2, 0.25) is 0 Å². The molecule has 0 bridgehead atoms. The number of aromatic nitrogens is 3. The normalized spacial score (nSPS) is 11.4. The number of phenols is 1. The molecule has 278 valence electrons. The molecule has 10 rings (SSSR count). The van der Waals surface area contributed by atoms with Crippen LogP contribution in [-0.2, 0) is 28.1 Å². The smallest absolute Gasteiger partial charge is 0.136 e. The Bertz CT molecular complexity index is 3140. The first-order valence-electron chi connectivity index (χ1n) is 18.8. The maximum Gasteiger partial charge on any atom is 0.136 e. The Balaban J connectivity index is 0.00000422. The van der Waals surface area contributed by atoms with Crippen LogP contribution < -0.4 is 0 Å². The monoisotopic (exact) mass is 917 g/mol. The number of aryl methyl sites for hydroxylation is 2. The van der Waals surface area contributed by atoms with E-state index in [0.717, 1.165) is 94.7 Å². The molecule has 0 spiro atoms. The Morgan fingerprint density at radius 1 is 0.509 bits per heavy atom. The van der Waals surface area contributed by atoms with Gasteiger partial charge in [-0.25, -0.2) is 0 Å². The van der Waals surface area contributed by atoms with Gasteiger partial charge in [0.1, 0.15) is 16.9 Å². The third-order valence-corrected chi connectivity index (χ3v) is 10.8. The van der Waals surface area contributed by atoms with Gasteiger partial charge in [-0.15, -0.1) is 24.3 Å². The largest absolute Gasteiger partial charge is 0.507 e. The fourth-order valence-electron chi connectivity index (χ4n) is 8.12. The summed E-state index contributed by atoms with van der Waals surface area (Å²) in [5.41, 5.74) is 14.6. The maximum absolute atomic E-state index is 11.1. The second-order valence-corrected chi connectivity index (χ2v) is 14.4. The first-order valence-corrected chi connectivity index (χ1v) is 18.8. The zero-order valence-corrected chi connectivity index (χ0v) is 33.8. The van der Waals surface area contributed by atoms with Crippen LogP contribution in [-0.4, -0.2) is 19.6 Å². The van der Waals surface area contributed by atoms with Gasteiger partial charge < -0.3 is 14.1 Å². The predicted octanol–water partition coefficient (Wildman–Crippen LogP) is 13.0. The van der Waals surface area contributed by atoms with Crippen LogP contribution in [0.5, 0.6) is 5.75 Å². The second-order valence-electron chi connectivity index (χ2n) is 14.4. The van der Waals surface area contributed by atoms with Gasteiger partial charge >= 0.3 is 0 Å². The van der Waals surface area contributed by atoms with Crippen LogP contribution in [0, 0.1) is 19.9 Å². The number of rotatable bonds is 6. The first kappa shape index (κ1) is 36.1. The van der Waals surface area contributed by atoms with Gasteiger partial charge in [0, 0.05) is 77.9 Å². The zero-order valence-electron chi connectivity index (χ0n) is 31.5. The number of para-hydroxylation sites is 2. The molecule has 6 heteroatoms. The van der Waals surface area contributed by atoms with E-state index in [2.05, 4.69) is 109 Å². The van der Waals surface area contributed by atoms with E-state index in [0.29, 0.717) is 11.3 Å². The van der Waals surface area contributed by atoms with Gasteiger partial charge in [0.05, 0.1) is 17.1 Å². The minimum atomic E-state index is 0. The third kappa shape index (κ3) is 6.35. The van der Waals surface area contributed by atoms with Gasteiger partial charge in [0.2, 0.25) is 0 Å². The summed E-state index contributed by atoms with van der Waals surface area (Å²) in [6.07, 6.45) is 0. The summed E-state index contributed by atoms with van der Waals surface area (Å²) in [6, 6.07) is 57.6.